The largest absolute Gasteiger partial charge is 0.447 e. The number of alkyl carbamates (subject to hydrolysis) is 1. The summed E-state index contributed by atoms with van der Waals surface area (Å²) in [7, 11) is 1.87. The molecule has 3 aliphatic heterocycles. The van der Waals surface area contributed by atoms with E-state index in [1.165, 1.54) is 11.1 Å². The van der Waals surface area contributed by atoms with Crippen LogP contribution in [-0.2, 0) is 14.2 Å². The van der Waals surface area contributed by atoms with Crippen LogP contribution < -0.4 is 10.6 Å². The van der Waals surface area contributed by atoms with Crippen LogP contribution in [-0.4, -0.2) is 57.9 Å². The van der Waals surface area contributed by atoms with Gasteiger partial charge in [-0.25, -0.2) is 4.79 Å². The fraction of sp³-hybridized carbons (Fsp3) is 0.536. The number of hydrogen-bond acceptors (Lipinski definition) is 6. The van der Waals surface area contributed by atoms with E-state index in [9.17, 15) is 9.90 Å². The van der Waals surface area contributed by atoms with Gasteiger partial charge in [0.1, 0.15) is 6.61 Å². The first-order valence-electron chi connectivity index (χ1n) is 12.7. The third kappa shape index (κ3) is 7.04. The zero-order chi connectivity index (χ0) is 24.5. The van der Waals surface area contributed by atoms with Gasteiger partial charge in [-0.3, -0.25) is 0 Å². The molecule has 1 amide bonds. The first-order valence-corrected chi connectivity index (χ1v) is 12.7. The number of nitrogens with one attached hydrogen (secondary N) is 2. The van der Waals surface area contributed by atoms with Gasteiger partial charge in [-0.15, -0.1) is 0 Å². The van der Waals surface area contributed by atoms with Crippen molar-refractivity contribution in [2.75, 3.05) is 46.7 Å². The lowest BCUT2D eigenvalue weighted by Gasteiger charge is -2.23. The molecule has 3 fully saturated rings. The van der Waals surface area contributed by atoms with E-state index in [1.807, 2.05) is 7.05 Å². The van der Waals surface area contributed by atoms with Gasteiger partial charge in [0.05, 0.1) is 18.7 Å². The van der Waals surface area contributed by atoms with Gasteiger partial charge in [0.25, 0.3) is 0 Å². The average molecular weight is 483 g/mol. The zero-order valence-electron chi connectivity index (χ0n) is 20.6. The van der Waals surface area contributed by atoms with E-state index >= 15 is 0 Å². The molecule has 7 nitrogen and oxygen atoms in total. The highest BCUT2D eigenvalue weighted by molar-refractivity contribution is 5.70. The zero-order valence-corrected chi connectivity index (χ0v) is 20.6. The topological polar surface area (TPSA) is 89.0 Å². The number of amides is 1. The van der Waals surface area contributed by atoms with Gasteiger partial charge in [0.15, 0.2) is 0 Å². The van der Waals surface area contributed by atoms with Crippen LogP contribution in [0.1, 0.15) is 71.9 Å². The van der Waals surface area contributed by atoms with Crippen LogP contribution in [0.5, 0.6) is 0 Å². The Hall–Kier alpha value is -2.45. The average Bonchev–Trinajstić information content (AvgIpc) is 3.37. The van der Waals surface area contributed by atoms with Gasteiger partial charge in [-0.1, -0.05) is 48.5 Å². The van der Waals surface area contributed by atoms with E-state index < -0.39 is 0 Å². The number of benzene rings is 2. The molecule has 5 rings (SSSR count). The van der Waals surface area contributed by atoms with E-state index in [4.69, 9.17) is 14.2 Å². The summed E-state index contributed by atoms with van der Waals surface area (Å²) >= 11 is 0. The summed E-state index contributed by atoms with van der Waals surface area (Å²) in [4.78, 5) is 11.0. The van der Waals surface area contributed by atoms with Gasteiger partial charge >= 0.3 is 6.09 Å². The van der Waals surface area contributed by atoms with Gasteiger partial charge in [0.2, 0.25) is 0 Å². The minimum Gasteiger partial charge on any atom is -0.447 e. The number of aliphatic hydroxyl groups is 1. The first kappa shape index (κ1) is 25.6. The van der Waals surface area contributed by atoms with Crippen LogP contribution in [0.4, 0.5) is 4.79 Å². The summed E-state index contributed by atoms with van der Waals surface area (Å²) in [6, 6.07) is 17.1. The summed E-state index contributed by atoms with van der Waals surface area (Å²) in [5.41, 5.74) is 5.01. The van der Waals surface area contributed by atoms with Crippen molar-refractivity contribution in [3.05, 3.63) is 70.8 Å². The molecule has 190 valence electrons. The fourth-order valence-corrected chi connectivity index (χ4v) is 4.99. The lowest BCUT2D eigenvalue weighted by atomic mass is 9.90. The molecule has 3 N–H and O–H groups in total. The molecule has 35 heavy (non-hydrogen) atoms. The fourth-order valence-electron chi connectivity index (χ4n) is 4.99. The second-order valence-electron chi connectivity index (χ2n) is 9.43. The van der Waals surface area contributed by atoms with Gasteiger partial charge in [0, 0.05) is 26.4 Å². The van der Waals surface area contributed by atoms with Gasteiger partial charge in [-0.05, 0) is 66.8 Å². The molecule has 0 bridgehead atoms. The molecule has 3 saturated heterocycles. The highest BCUT2D eigenvalue weighted by Gasteiger charge is 2.24. The maximum atomic E-state index is 11.0. The monoisotopic (exact) mass is 482 g/mol. The van der Waals surface area contributed by atoms with Crippen molar-refractivity contribution in [3.63, 3.8) is 0 Å². The molecule has 0 radical (unpaired) electrons. The maximum Gasteiger partial charge on any atom is 0.407 e. The lowest BCUT2D eigenvalue weighted by molar-refractivity contribution is 0.0852. The molecule has 2 aromatic carbocycles. The maximum absolute atomic E-state index is 11.0. The normalized spacial score (nSPS) is 22.0. The van der Waals surface area contributed by atoms with Crippen molar-refractivity contribution < 1.29 is 24.1 Å². The molecule has 0 spiro atoms. The predicted molar refractivity (Wildman–Crippen MR) is 135 cm³/mol. The number of ether oxygens (including phenoxy) is 3. The molecule has 3 aliphatic rings. The molecule has 2 atom stereocenters. The molecule has 3 heterocycles. The van der Waals surface area contributed by atoms with Crippen molar-refractivity contribution in [2.45, 2.75) is 49.6 Å². The quantitative estimate of drug-likeness (QED) is 0.572. The SMILES string of the molecule is CNC(CO)c1ccc(C2CCOCC2)cc1.O=C1NC(c2ccc(C3CCOCC3)cc2)CO1. The predicted octanol–water partition coefficient (Wildman–Crippen LogP) is 4.19. The van der Waals surface area contributed by atoms with Crippen molar-refractivity contribution in [1.82, 2.24) is 10.6 Å². The second-order valence-corrected chi connectivity index (χ2v) is 9.43. The smallest absolute Gasteiger partial charge is 0.407 e. The van der Waals surface area contributed by atoms with E-state index in [1.54, 1.807) is 0 Å². The van der Waals surface area contributed by atoms with E-state index in [-0.39, 0.29) is 24.8 Å². The number of hydrogen-bond donors (Lipinski definition) is 3. The third-order valence-corrected chi connectivity index (χ3v) is 7.27. The first-order chi connectivity index (χ1) is 17.2. The summed E-state index contributed by atoms with van der Waals surface area (Å²) in [6.07, 6.45) is 4.11. The number of carbonyl (C=O) groups excluding carboxylic acids is 1. The number of aliphatic hydroxyl groups excluding tert-OH is 1. The van der Waals surface area contributed by atoms with Crippen molar-refractivity contribution in [3.8, 4) is 0 Å². The highest BCUT2D eigenvalue weighted by Crippen LogP contribution is 2.29. The van der Waals surface area contributed by atoms with Crippen LogP contribution in [0, 0.1) is 0 Å². The number of cyclic esters (lactones) is 1. The summed E-state index contributed by atoms with van der Waals surface area (Å²) in [5.74, 6) is 1.25. The molecule has 0 aromatic heterocycles. The standard InChI is InChI=1S/C14H17NO3.C14H21NO2/c16-14-15-13(9-18-14)12-3-1-10(2-4-12)11-5-7-17-8-6-11;1-15-14(10-16)13-4-2-11(3-5-13)12-6-8-17-9-7-12/h1-4,11,13H,5-9H2,(H,15,16);2-5,12,14-16H,6-10H2,1H3. The summed E-state index contributed by atoms with van der Waals surface area (Å²) in [5, 5.41) is 15.1. The van der Waals surface area contributed by atoms with Crippen LogP contribution >= 0.6 is 0 Å². The minimum atomic E-state index is -0.325. The molecule has 0 aliphatic carbocycles. The Morgan fingerprint density at radius 3 is 1.77 bits per heavy atom. The Labute approximate surface area is 208 Å². The second kappa shape index (κ2) is 13.0. The summed E-state index contributed by atoms with van der Waals surface area (Å²) in [6.45, 7) is 4.03. The lowest BCUT2D eigenvalue weighted by Crippen LogP contribution is -2.20. The minimum absolute atomic E-state index is 0.00115. The number of likely N-dealkylation sites (N-methyl/N-ethyl adjacent to an activating group) is 1. The van der Waals surface area contributed by atoms with Crippen LogP contribution in [0.3, 0.4) is 0 Å². The molecular formula is C28H38N2O5. The highest BCUT2D eigenvalue weighted by atomic mass is 16.6. The van der Waals surface area contributed by atoms with Crippen molar-refractivity contribution >= 4 is 6.09 Å². The Kier molecular flexibility index (Phi) is 9.54. The molecule has 2 unspecified atom stereocenters. The van der Waals surface area contributed by atoms with Crippen LogP contribution in [0.15, 0.2) is 48.5 Å². The molecule has 7 heteroatoms. The molecule has 2 aromatic rings. The van der Waals surface area contributed by atoms with Crippen LogP contribution in [0.2, 0.25) is 0 Å². The Balaban J connectivity index is 0.000000165. The number of rotatable bonds is 6. The van der Waals surface area contributed by atoms with Gasteiger partial charge < -0.3 is 30.0 Å². The number of carbonyl (C=O) groups is 1. The Morgan fingerprint density at radius 2 is 1.34 bits per heavy atom. The third-order valence-electron chi connectivity index (χ3n) is 7.27. The van der Waals surface area contributed by atoms with Crippen LogP contribution in [0.25, 0.3) is 0 Å². The Bertz CT molecular complexity index is 902. The molecular weight excluding hydrogens is 444 g/mol. The summed E-state index contributed by atoms with van der Waals surface area (Å²) < 4.78 is 15.6. The van der Waals surface area contributed by atoms with E-state index in [0.717, 1.165) is 63.2 Å². The van der Waals surface area contributed by atoms with Crippen molar-refractivity contribution in [2.24, 2.45) is 0 Å². The molecule has 0 saturated carbocycles. The van der Waals surface area contributed by atoms with E-state index in [2.05, 4.69) is 59.2 Å². The van der Waals surface area contributed by atoms with Gasteiger partial charge in [-0.2, -0.15) is 0 Å². The van der Waals surface area contributed by atoms with Crippen molar-refractivity contribution in [1.29, 1.82) is 0 Å². The Morgan fingerprint density at radius 1 is 0.857 bits per heavy atom. The van der Waals surface area contributed by atoms with E-state index in [0.29, 0.717) is 18.4 Å².